The number of ether oxygens (including phenoxy) is 1. The molecule has 1 aliphatic rings. The van der Waals surface area contributed by atoms with E-state index in [1.807, 2.05) is 18.2 Å². The van der Waals surface area contributed by atoms with Gasteiger partial charge in [0.05, 0.1) is 19.5 Å². The van der Waals surface area contributed by atoms with E-state index < -0.39 is 0 Å². The van der Waals surface area contributed by atoms with E-state index in [0.29, 0.717) is 38.4 Å². The lowest BCUT2D eigenvalue weighted by atomic mass is 10.0. The van der Waals surface area contributed by atoms with Crippen molar-refractivity contribution in [2.45, 2.75) is 13.0 Å². The fraction of sp³-hybridized carbons (Fsp3) is 0.250. The summed E-state index contributed by atoms with van der Waals surface area (Å²) in [6.45, 7) is 1.92. The zero-order valence-electron chi connectivity index (χ0n) is 14.4. The summed E-state index contributed by atoms with van der Waals surface area (Å²) < 4.78 is 6.95. The Balaban J connectivity index is 1.76. The van der Waals surface area contributed by atoms with Crippen molar-refractivity contribution in [3.8, 4) is 22.6 Å². The highest BCUT2D eigenvalue weighted by Crippen LogP contribution is 2.41. The van der Waals surface area contributed by atoms with E-state index in [0.717, 1.165) is 22.1 Å². The number of amides is 1. The summed E-state index contributed by atoms with van der Waals surface area (Å²) in [6, 6.07) is 12.0. The van der Waals surface area contributed by atoms with Crippen LogP contribution in [-0.2, 0) is 11.3 Å². The number of quaternary nitrogens is 1. The lowest BCUT2D eigenvalue weighted by Gasteiger charge is -2.19. The Labute approximate surface area is 155 Å². The summed E-state index contributed by atoms with van der Waals surface area (Å²) in [4.78, 5) is 14.1. The Bertz CT molecular complexity index is 967. The van der Waals surface area contributed by atoms with Gasteiger partial charge in [-0.3, -0.25) is 4.79 Å². The molecule has 0 atom stereocenters. The molecule has 1 aliphatic heterocycles. The van der Waals surface area contributed by atoms with Gasteiger partial charge in [0.2, 0.25) is 5.91 Å². The average molecular weight is 369 g/mol. The summed E-state index contributed by atoms with van der Waals surface area (Å²) in [6.07, 6.45) is 0.427. The van der Waals surface area contributed by atoms with Crippen LogP contribution in [0.5, 0.6) is 11.5 Å². The Kier molecular flexibility index (Phi) is 4.53. The van der Waals surface area contributed by atoms with Crippen LogP contribution in [0.2, 0.25) is 0 Å². The summed E-state index contributed by atoms with van der Waals surface area (Å²) >= 11 is 1.68. The lowest BCUT2D eigenvalue weighted by Crippen LogP contribution is -2.52. The van der Waals surface area contributed by atoms with Crippen LogP contribution in [0.1, 0.15) is 12.0 Å². The molecule has 2 heterocycles. The highest BCUT2D eigenvalue weighted by atomic mass is 32.1. The first-order chi connectivity index (χ1) is 12.7. The van der Waals surface area contributed by atoms with Gasteiger partial charge in [-0.25, -0.2) is 0 Å². The van der Waals surface area contributed by atoms with Crippen molar-refractivity contribution in [2.75, 3.05) is 19.7 Å². The van der Waals surface area contributed by atoms with E-state index in [2.05, 4.69) is 23.2 Å². The van der Waals surface area contributed by atoms with Gasteiger partial charge in [-0.2, -0.15) is 0 Å². The van der Waals surface area contributed by atoms with Gasteiger partial charge >= 0.3 is 0 Å². The molecule has 2 aromatic carbocycles. The molecule has 4 rings (SSSR count). The van der Waals surface area contributed by atoms with Crippen LogP contribution in [0.15, 0.2) is 41.8 Å². The monoisotopic (exact) mass is 369 g/mol. The minimum Gasteiger partial charge on any atom is -0.504 e. The number of benzene rings is 2. The fourth-order valence-corrected chi connectivity index (χ4v) is 4.35. The van der Waals surface area contributed by atoms with Crippen molar-refractivity contribution >= 4 is 27.3 Å². The van der Waals surface area contributed by atoms with Crippen LogP contribution >= 0.6 is 11.3 Å². The van der Waals surface area contributed by atoms with Gasteiger partial charge in [-0.15, -0.1) is 11.3 Å². The van der Waals surface area contributed by atoms with Crippen molar-refractivity contribution in [1.82, 2.24) is 4.90 Å². The quantitative estimate of drug-likeness (QED) is 0.745. The Morgan fingerprint density at radius 1 is 1.31 bits per heavy atom. The molecule has 0 saturated carbocycles. The molecule has 4 N–H and O–H groups in total. The number of carbonyl (C=O) groups is 1. The molecule has 0 radical (unpaired) electrons. The highest BCUT2D eigenvalue weighted by Gasteiger charge is 2.23. The third kappa shape index (κ3) is 3.02. The summed E-state index contributed by atoms with van der Waals surface area (Å²) in [5.74, 6) is 0.680. The molecular weight excluding hydrogens is 348 g/mol. The number of nitrogens with zero attached hydrogens (tertiary/aromatic N) is 1. The third-order valence-electron chi connectivity index (χ3n) is 4.65. The lowest BCUT2D eigenvalue weighted by molar-refractivity contribution is -0.366. The largest absolute Gasteiger partial charge is 0.504 e. The standard InChI is InChI=1S/C20H20N2O3S/c21-6-5-19(24)22-7-8-25-20-14(11-22)9-13(10-17(20)23)16-12-26-18-4-2-1-3-15(16)18/h1-4,9-10,12,23H,5-8,11,21H2/p+1. The molecule has 6 heteroatoms. The van der Waals surface area contributed by atoms with Crippen LogP contribution < -0.4 is 10.5 Å². The van der Waals surface area contributed by atoms with Crippen LogP contribution in [0.4, 0.5) is 0 Å². The van der Waals surface area contributed by atoms with Gasteiger partial charge in [-0.05, 0) is 29.1 Å². The molecule has 0 aliphatic carbocycles. The number of fused-ring (bicyclic) bond motifs is 2. The molecule has 5 nitrogen and oxygen atoms in total. The molecule has 0 fully saturated rings. The van der Waals surface area contributed by atoms with Gasteiger partial charge < -0.3 is 20.5 Å². The molecule has 1 amide bonds. The van der Waals surface area contributed by atoms with E-state index in [-0.39, 0.29) is 11.7 Å². The second-order valence-corrected chi connectivity index (χ2v) is 7.31. The van der Waals surface area contributed by atoms with Gasteiger partial charge in [0.15, 0.2) is 11.5 Å². The normalized spacial score (nSPS) is 14.0. The Morgan fingerprint density at radius 3 is 3.00 bits per heavy atom. The predicted octanol–water partition coefficient (Wildman–Crippen LogP) is 2.63. The summed E-state index contributed by atoms with van der Waals surface area (Å²) in [5.41, 5.74) is 6.63. The SMILES string of the molecule is [NH3+]CCC(=O)N1CCOc2c(O)cc(-c3csc4ccccc34)cc2C1. The Hall–Kier alpha value is -2.57. The average Bonchev–Trinajstić information content (AvgIpc) is 2.94. The van der Waals surface area contributed by atoms with Crippen LogP contribution in [-0.4, -0.2) is 35.6 Å². The molecular formula is C20H21N2O3S+. The summed E-state index contributed by atoms with van der Waals surface area (Å²) in [5, 5.41) is 13.8. The molecule has 0 bridgehead atoms. The zero-order valence-corrected chi connectivity index (χ0v) is 15.2. The first-order valence-electron chi connectivity index (χ1n) is 8.69. The van der Waals surface area contributed by atoms with E-state index in [1.165, 1.54) is 4.70 Å². The van der Waals surface area contributed by atoms with E-state index in [1.54, 1.807) is 22.3 Å². The topological polar surface area (TPSA) is 77.4 Å². The number of carbonyl (C=O) groups excluding carboxylic acids is 1. The molecule has 0 saturated heterocycles. The summed E-state index contributed by atoms with van der Waals surface area (Å²) in [7, 11) is 0. The van der Waals surface area contributed by atoms with Crippen molar-refractivity contribution in [2.24, 2.45) is 0 Å². The fourth-order valence-electron chi connectivity index (χ4n) is 3.38. The minimum atomic E-state index is 0.0716. The van der Waals surface area contributed by atoms with Gasteiger partial charge in [0.25, 0.3) is 0 Å². The second kappa shape index (κ2) is 6.97. The number of rotatable bonds is 3. The molecule has 1 aromatic heterocycles. The number of aromatic hydroxyl groups is 1. The maximum absolute atomic E-state index is 12.3. The second-order valence-electron chi connectivity index (χ2n) is 6.40. The number of phenols is 1. The number of thiophene rings is 1. The van der Waals surface area contributed by atoms with E-state index >= 15 is 0 Å². The van der Waals surface area contributed by atoms with E-state index in [4.69, 9.17) is 4.74 Å². The molecule has 26 heavy (non-hydrogen) atoms. The van der Waals surface area contributed by atoms with Gasteiger partial charge in [0.1, 0.15) is 6.61 Å². The first kappa shape index (κ1) is 16.9. The third-order valence-corrected chi connectivity index (χ3v) is 5.61. The van der Waals surface area contributed by atoms with Crippen molar-refractivity contribution in [3.05, 3.63) is 47.3 Å². The van der Waals surface area contributed by atoms with Crippen molar-refractivity contribution < 1.29 is 20.4 Å². The zero-order chi connectivity index (χ0) is 18.1. The van der Waals surface area contributed by atoms with Crippen LogP contribution in [0.25, 0.3) is 21.2 Å². The van der Waals surface area contributed by atoms with Gasteiger partial charge in [-0.1, -0.05) is 18.2 Å². The van der Waals surface area contributed by atoms with Crippen LogP contribution in [0.3, 0.4) is 0 Å². The number of hydrogen-bond acceptors (Lipinski definition) is 4. The predicted molar refractivity (Wildman–Crippen MR) is 102 cm³/mol. The minimum absolute atomic E-state index is 0.0716. The first-order valence-corrected chi connectivity index (χ1v) is 9.57. The molecule has 3 aromatic rings. The Morgan fingerprint density at radius 2 is 2.15 bits per heavy atom. The number of phenolic OH excluding ortho intramolecular Hbond substituents is 1. The molecule has 0 unspecified atom stereocenters. The van der Waals surface area contributed by atoms with Gasteiger partial charge in [0, 0.05) is 27.8 Å². The highest BCUT2D eigenvalue weighted by molar-refractivity contribution is 7.17. The van der Waals surface area contributed by atoms with Crippen molar-refractivity contribution in [1.29, 1.82) is 0 Å². The maximum atomic E-state index is 12.3. The van der Waals surface area contributed by atoms with E-state index in [9.17, 15) is 9.90 Å². The number of hydrogen-bond donors (Lipinski definition) is 2. The maximum Gasteiger partial charge on any atom is 0.228 e. The molecule has 134 valence electrons. The van der Waals surface area contributed by atoms with Crippen molar-refractivity contribution in [3.63, 3.8) is 0 Å². The van der Waals surface area contributed by atoms with Crippen LogP contribution in [0, 0.1) is 0 Å². The smallest absolute Gasteiger partial charge is 0.228 e. The molecule has 0 spiro atoms.